The highest BCUT2D eigenvalue weighted by molar-refractivity contribution is 5.95. The van der Waals surface area contributed by atoms with Gasteiger partial charge in [-0.15, -0.1) is 0 Å². The Morgan fingerprint density at radius 1 is 1.50 bits per heavy atom. The number of hydrogen-bond donors (Lipinski definition) is 2. The Hall–Kier alpha value is -1.97. The Labute approximate surface area is 117 Å². The van der Waals surface area contributed by atoms with Crippen molar-refractivity contribution in [2.24, 2.45) is 0 Å². The second-order valence-electron chi connectivity index (χ2n) is 4.75. The molecule has 1 fully saturated rings. The van der Waals surface area contributed by atoms with E-state index in [0.717, 1.165) is 32.2 Å². The molecule has 1 amide bonds. The molecule has 1 unspecified atom stereocenters. The zero-order chi connectivity index (χ0) is 14.5. The summed E-state index contributed by atoms with van der Waals surface area (Å²) in [6, 6.07) is 5.36. The average Bonchev–Trinajstić information content (AvgIpc) is 2.49. The Balaban J connectivity index is 2.05. The van der Waals surface area contributed by atoms with Crippen LogP contribution in [0.2, 0.25) is 0 Å². The zero-order valence-electron chi connectivity index (χ0n) is 11.3. The van der Waals surface area contributed by atoms with E-state index in [0.29, 0.717) is 5.69 Å². The van der Waals surface area contributed by atoms with Crippen LogP contribution in [0.25, 0.3) is 0 Å². The number of nitriles is 1. The largest absolute Gasteiger partial charge is 0.324 e. The van der Waals surface area contributed by atoms with E-state index in [2.05, 4.69) is 15.5 Å². The minimum atomic E-state index is -0.491. The predicted molar refractivity (Wildman–Crippen MR) is 73.6 cm³/mol. The van der Waals surface area contributed by atoms with Crippen molar-refractivity contribution in [1.82, 2.24) is 10.2 Å². The summed E-state index contributed by atoms with van der Waals surface area (Å²) in [5.41, 5.74) is 0.478. The van der Waals surface area contributed by atoms with Gasteiger partial charge in [-0.1, -0.05) is 0 Å². The van der Waals surface area contributed by atoms with Crippen molar-refractivity contribution < 1.29 is 9.18 Å². The van der Waals surface area contributed by atoms with Crippen molar-refractivity contribution in [3.05, 3.63) is 29.6 Å². The molecule has 106 valence electrons. The third-order valence-corrected chi connectivity index (χ3v) is 3.44. The molecule has 5 nitrogen and oxygen atoms in total. The molecular formula is C14H17FN4O. The van der Waals surface area contributed by atoms with Gasteiger partial charge in [-0.2, -0.15) is 5.26 Å². The molecule has 1 aliphatic heterocycles. The predicted octanol–water partition coefficient (Wildman–Crippen LogP) is 0.930. The van der Waals surface area contributed by atoms with E-state index >= 15 is 0 Å². The van der Waals surface area contributed by atoms with Gasteiger partial charge >= 0.3 is 0 Å². The van der Waals surface area contributed by atoms with Crippen molar-refractivity contribution >= 4 is 11.6 Å². The van der Waals surface area contributed by atoms with Crippen LogP contribution in [0, 0.1) is 17.1 Å². The summed E-state index contributed by atoms with van der Waals surface area (Å²) in [5, 5.41) is 14.9. The van der Waals surface area contributed by atoms with E-state index in [1.165, 1.54) is 12.1 Å². The first-order chi connectivity index (χ1) is 9.61. The molecule has 1 saturated heterocycles. The topological polar surface area (TPSA) is 68.2 Å². The fourth-order valence-electron chi connectivity index (χ4n) is 2.19. The van der Waals surface area contributed by atoms with Gasteiger partial charge in [-0.05, 0) is 25.1 Å². The molecule has 0 spiro atoms. The summed E-state index contributed by atoms with van der Waals surface area (Å²) in [7, 11) is 0. The van der Waals surface area contributed by atoms with Crippen LogP contribution in [0.15, 0.2) is 18.2 Å². The maximum Gasteiger partial charge on any atom is 0.241 e. The van der Waals surface area contributed by atoms with Crippen molar-refractivity contribution in [3.8, 4) is 6.07 Å². The molecular weight excluding hydrogens is 259 g/mol. The third-order valence-electron chi connectivity index (χ3n) is 3.44. The molecule has 1 aromatic rings. The van der Waals surface area contributed by atoms with Crippen LogP contribution in [0.4, 0.5) is 10.1 Å². The number of carbonyl (C=O) groups is 1. The molecule has 0 saturated carbocycles. The van der Waals surface area contributed by atoms with Gasteiger partial charge < -0.3 is 10.6 Å². The van der Waals surface area contributed by atoms with Crippen LogP contribution in [0.5, 0.6) is 0 Å². The summed E-state index contributed by atoms with van der Waals surface area (Å²) in [6.45, 7) is 5.16. The Bertz CT molecular complexity index is 534. The first kappa shape index (κ1) is 14.4. The molecule has 20 heavy (non-hydrogen) atoms. The van der Waals surface area contributed by atoms with E-state index < -0.39 is 5.82 Å². The standard InChI is InChI=1S/C14H17FN4O/c1-10(19-6-4-17-5-7-19)14(20)18-13-3-2-12(15)8-11(13)9-16/h2-3,8,10,17H,4-7H2,1H3,(H,18,20). The van der Waals surface area contributed by atoms with E-state index in [4.69, 9.17) is 5.26 Å². The summed E-state index contributed by atoms with van der Waals surface area (Å²) in [6.07, 6.45) is 0. The summed E-state index contributed by atoms with van der Waals surface area (Å²) >= 11 is 0. The normalized spacial score (nSPS) is 17.2. The van der Waals surface area contributed by atoms with E-state index in [1.807, 2.05) is 13.0 Å². The fourth-order valence-corrected chi connectivity index (χ4v) is 2.19. The van der Waals surface area contributed by atoms with Crippen LogP contribution < -0.4 is 10.6 Å². The van der Waals surface area contributed by atoms with E-state index in [9.17, 15) is 9.18 Å². The van der Waals surface area contributed by atoms with Crippen LogP contribution >= 0.6 is 0 Å². The number of halogens is 1. The molecule has 0 aliphatic carbocycles. The van der Waals surface area contributed by atoms with Crippen molar-refractivity contribution in [3.63, 3.8) is 0 Å². The molecule has 1 aliphatic rings. The van der Waals surface area contributed by atoms with Gasteiger partial charge in [0.2, 0.25) is 5.91 Å². The average molecular weight is 276 g/mol. The van der Waals surface area contributed by atoms with Crippen molar-refractivity contribution in [2.75, 3.05) is 31.5 Å². The van der Waals surface area contributed by atoms with E-state index in [-0.39, 0.29) is 17.5 Å². The number of carbonyl (C=O) groups excluding carboxylic acids is 1. The Morgan fingerprint density at radius 2 is 2.20 bits per heavy atom. The van der Waals surface area contributed by atoms with E-state index in [1.54, 1.807) is 0 Å². The highest BCUT2D eigenvalue weighted by Gasteiger charge is 2.23. The monoisotopic (exact) mass is 276 g/mol. The van der Waals surface area contributed by atoms with Gasteiger partial charge in [0.1, 0.15) is 11.9 Å². The highest BCUT2D eigenvalue weighted by atomic mass is 19.1. The third kappa shape index (κ3) is 3.32. The number of nitrogens with zero attached hydrogens (tertiary/aromatic N) is 2. The zero-order valence-corrected chi connectivity index (χ0v) is 11.3. The minimum Gasteiger partial charge on any atom is -0.324 e. The number of rotatable bonds is 3. The highest BCUT2D eigenvalue weighted by Crippen LogP contribution is 2.17. The molecule has 0 aromatic heterocycles. The SMILES string of the molecule is CC(C(=O)Nc1ccc(F)cc1C#N)N1CCNCC1. The molecule has 1 atom stereocenters. The maximum absolute atomic E-state index is 13.0. The number of anilines is 1. The van der Waals surface area contributed by atoms with Crippen LogP contribution in [0.1, 0.15) is 12.5 Å². The van der Waals surface area contributed by atoms with Crippen molar-refractivity contribution in [1.29, 1.82) is 5.26 Å². The molecule has 2 rings (SSSR count). The van der Waals surface area contributed by atoms with Gasteiger partial charge in [0, 0.05) is 26.2 Å². The molecule has 1 heterocycles. The molecule has 1 aromatic carbocycles. The van der Waals surface area contributed by atoms with Crippen LogP contribution in [-0.2, 0) is 4.79 Å². The van der Waals surface area contributed by atoms with Gasteiger partial charge in [-0.25, -0.2) is 4.39 Å². The first-order valence-corrected chi connectivity index (χ1v) is 6.57. The molecule has 0 radical (unpaired) electrons. The second kappa shape index (κ2) is 6.46. The second-order valence-corrected chi connectivity index (χ2v) is 4.75. The lowest BCUT2D eigenvalue weighted by atomic mass is 10.1. The van der Waals surface area contributed by atoms with Gasteiger partial charge in [0.25, 0.3) is 0 Å². The quantitative estimate of drug-likeness (QED) is 0.862. The summed E-state index contributed by atoms with van der Waals surface area (Å²) in [4.78, 5) is 14.3. The Morgan fingerprint density at radius 3 is 2.85 bits per heavy atom. The number of hydrogen-bond acceptors (Lipinski definition) is 4. The fraction of sp³-hybridized carbons (Fsp3) is 0.429. The Kier molecular flexibility index (Phi) is 4.66. The number of benzene rings is 1. The summed E-state index contributed by atoms with van der Waals surface area (Å²) in [5.74, 6) is -0.676. The minimum absolute atomic E-state index is 0.130. The number of piperazine rings is 1. The smallest absolute Gasteiger partial charge is 0.241 e. The maximum atomic E-state index is 13.0. The molecule has 2 N–H and O–H groups in total. The summed E-state index contributed by atoms with van der Waals surface area (Å²) < 4.78 is 13.0. The molecule has 0 bridgehead atoms. The lowest BCUT2D eigenvalue weighted by molar-refractivity contribution is -0.120. The van der Waals surface area contributed by atoms with Gasteiger partial charge in [0.15, 0.2) is 0 Å². The van der Waals surface area contributed by atoms with Crippen molar-refractivity contribution in [2.45, 2.75) is 13.0 Å². The first-order valence-electron chi connectivity index (χ1n) is 6.57. The number of nitrogens with one attached hydrogen (secondary N) is 2. The lowest BCUT2D eigenvalue weighted by Gasteiger charge is -2.31. The van der Waals surface area contributed by atoms with Gasteiger partial charge in [0.05, 0.1) is 17.3 Å². The lowest BCUT2D eigenvalue weighted by Crippen LogP contribution is -2.51. The van der Waals surface area contributed by atoms with Gasteiger partial charge in [-0.3, -0.25) is 9.69 Å². The van der Waals surface area contributed by atoms with Crippen LogP contribution in [0.3, 0.4) is 0 Å². The van der Waals surface area contributed by atoms with Crippen LogP contribution in [-0.4, -0.2) is 43.0 Å². The molecule has 6 heteroatoms. The number of amides is 1.